The van der Waals surface area contributed by atoms with E-state index in [1.807, 2.05) is 0 Å². The van der Waals surface area contributed by atoms with Gasteiger partial charge in [-0.1, -0.05) is 30.0 Å². The first-order valence-electron chi connectivity index (χ1n) is 11.1. The molecule has 9 heteroatoms. The van der Waals surface area contributed by atoms with Gasteiger partial charge in [0, 0.05) is 0 Å². The van der Waals surface area contributed by atoms with Gasteiger partial charge in [-0.25, -0.2) is 0 Å². The molecular formula is C24H25NO6S2. The highest BCUT2D eigenvalue weighted by molar-refractivity contribution is 8.26. The van der Waals surface area contributed by atoms with Crippen LogP contribution in [-0.4, -0.2) is 45.8 Å². The van der Waals surface area contributed by atoms with E-state index in [1.54, 1.807) is 24.3 Å². The third-order valence-corrected chi connectivity index (χ3v) is 8.70. The molecule has 0 unspecified atom stereocenters. The van der Waals surface area contributed by atoms with Crippen molar-refractivity contribution < 1.29 is 29.0 Å². The van der Waals surface area contributed by atoms with Crippen molar-refractivity contribution in [2.75, 3.05) is 13.7 Å². The summed E-state index contributed by atoms with van der Waals surface area (Å²) in [5.41, 5.74) is 0.300. The Morgan fingerprint density at radius 3 is 2.39 bits per heavy atom. The van der Waals surface area contributed by atoms with Gasteiger partial charge in [0.25, 0.3) is 5.91 Å². The number of aliphatic carboxylic acids is 1. The number of methoxy groups -OCH3 is 1. The van der Waals surface area contributed by atoms with Crippen molar-refractivity contribution >= 4 is 52.2 Å². The molecule has 0 radical (unpaired) electrons. The van der Waals surface area contributed by atoms with Crippen molar-refractivity contribution in [1.29, 1.82) is 0 Å². The molecule has 174 valence electrons. The van der Waals surface area contributed by atoms with Crippen LogP contribution in [-0.2, 0) is 14.4 Å². The lowest BCUT2D eigenvalue weighted by Crippen LogP contribution is -2.51. The molecule has 0 aromatic heterocycles. The lowest BCUT2D eigenvalue weighted by atomic mass is 9.49. The quantitative estimate of drug-likeness (QED) is 0.277. The highest BCUT2D eigenvalue weighted by Gasteiger charge is 2.55. The minimum Gasteiger partial charge on any atom is -0.493 e. The Balaban J connectivity index is 1.34. The molecule has 5 aliphatic rings. The number of carboxylic acid groups (broad SMARTS) is 1. The van der Waals surface area contributed by atoms with Crippen LogP contribution >= 0.6 is 24.0 Å². The predicted molar refractivity (Wildman–Crippen MR) is 127 cm³/mol. The zero-order valence-electron chi connectivity index (χ0n) is 18.2. The van der Waals surface area contributed by atoms with E-state index in [0.29, 0.717) is 39.7 Å². The first-order valence-corrected chi connectivity index (χ1v) is 12.4. The normalized spacial score (nSPS) is 31.4. The van der Waals surface area contributed by atoms with Crippen LogP contribution in [0.25, 0.3) is 6.08 Å². The van der Waals surface area contributed by atoms with Crippen LogP contribution < -0.4 is 9.47 Å². The number of esters is 1. The number of nitrogens with zero attached hydrogens (tertiary/aromatic N) is 1. The lowest BCUT2D eigenvalue weighted by Gasteiger charge is -2.55. The van der Waals surface area contributed by atoms with E-state index < -0.39 is 18.4 Å². The molecule has 1 saturated heterocycles. The van der Waals surface area contributed by atoms with Crippen LogP contribution in [0.4, 0.5) is 0 Å². The maximum Gasteiger partial charge on any atom is 0.323 e. The van der Waals surface area contributed by atoms with Crippen LogP contribution in [0.1, 0.15) is 44.1 Å². The summed E-state index contributed by atoms with van der Waals surface area (Å²) in [6, 6.07) is 5.13. The second-order valence-corrected chi connectivity index (χ2v) is 11.3. The highest BCUT2D eigenvalue weighted by Crippen LogP contribution is 2.60. The van der Waals surface area contributed by atoms with Crippen molar-refractivity contribution in [3.63, 3.8) is 0 Å². The minimum absolute atomic E-state index is 0.151. The molecular weight excluding hydrogens is 462 g/mol. The van der Waals surface area contributed by atoms with E-state index in [1.165, 1.54) is 26.4 Å². The first kappa shape index (κ1) is 22.4. The number of carbonyl (C=O) groups excluding carboxylic acids is 2. The van der Waals surface area contributed by atoms with Gasteiger partial charge >= 0.3 is 11.9 Å². The molecule has 0 spiro atoms. The van der Waals surface area contributed by atoms with E-state index in [4.69, 9.17) is 26.8 Å². The summed E-state index contributed by atoms with van der Waals surface area (Å²) in [5.74, 6) is 0.996. The fraction of sp³-hybridized carbons (Fsp3) is 0.500. The Kier molecular flexibility index (Phi) is 5.73. The summed E-state index contributed by atoms with van der Waals surface area (Å²) < 4.78 is 11.6. The van der Waals surface area contributed by atoms with Crippen molar-refractivity contribution in [3.05, 3.63) is 28.7 Å². The largest absolute Gasteiger partial charge is 0.493 e. The van der Waals surface area contributed by atoms with Crippen LogP contribution in [0.15, 0.2) is 23.1 Å². The van der Waals surface area contributed by atoms with Crippen LogP contribution in [0, 0.1) is 23.2 Å². The first-order chi connectivity index (χ1) is 15.8. The molecule has 7 nitrogen and oxygen atoms in total. The van der Waals surface area contributed by atoms with E-state index in [2.05, 4.69) is 0 Å². The summed E-state index contributed by atoms with van der Waals surface area (Å²) in [7, 11) is 1.51. The average molecular weight is 488 g/mol. The van der Waals surface area contributed by atoms with Gasteiger partial charge in [-0.15, -0.1) is 0 Å². The molecule has 1 aromatic carbocycles. The lowest BCUT2D eigenvalue weighted by molar-refractivity contribution is -0.161. The third-order valence-electron chi connectivity index (χ3n) is 7.33. The highest BCUT2D eigenvalue weighted by atomic mass is 32.2. The number of hydrogen-bond acceptors (Lipinski definition) is 7. The number of benzene rings is 1. The van der Waals surface area contributed by atoms with Crippen LogP contribution in [0.2, 0.25) is 0 Å². The Hall–Kier alpha value is -2.39. The fourth-order valence-corrected chi connectivity index (χ4v) is 7.61. The van der Waals surface area contributed by atoms with Gasteiger partial charge in [-0.05, 0) is 80.1 Å². The van der Waals surface area contributed by atoms with Gasteiger partial charge in [0.2, 0.25) is 0 Å². The Bertz CT molecular complexity index is 1050. The Labute approximate surface area is 201 Å². The average Bonchev–Trinajstić information content (AvgIpc) is 3.00. The number of rotatable bonds is 6. The summed E-state index contributed by atoms with van der Waals surface area (Å²) in [5, 5.41) is 8.98. The molecule has 4 bridgehead atoms. The topological polar surface area (TPSA) is 93.1 Å². The number of carbonyl (C=O) groups is 3. The number of ether oxygens (including phenoxy) is 2. The van der Waals surface area contributed by atoms with Crippen molar-refractivity contribution in [3.8, 4) is 11.5 Å². The van der Waals surface area contributed by atoms with Gasteiger partial charge in [0.1, 0.15) is 10.9 Å². The van der Waals surface area contributed by atoms with Crippen molar-refractivity contribution in [2.24, 2.45) is 23.2 Å². The summed E-state index contributed by atoms with van der Waals surface area (Å²) >= 11 is 6.19. The Morgan fingerprint density at radius 2 is 1.82 bits per heavy atom. The minimum atomic E-state index is -1.13. The van der Waals surface area contributed by atoms with Gasteiger partial charge < -0.3 is 14.6 Å². The van der Waals surface area contributed by atoms with E-state index in [9.17, 15) is 14.4 Å². The summed E-state index contributed by atoms with van der Waals surface area (Å²) in [6.45, 7) is -0.468. The number of hydrogen-bond donors (Lipinski definition) is 1. The van der Waals surface area contributed by atoms with E-state index in [0.717, 1.165) is 35.9 Å². The summed E-state index contributed by atoms with van der Waals surface area (Å²) in [4.78, 5) is 38.2. The molecule has 6 rings (SSSR count). The molecule has 0 atom stereocenters. The predicted octanol–water partition coefficient (Wildman–Crippen LogP) is 4.10. The second-order valence-electron chi connectivity index (χ2n) is 9.66. The van der Waals surface area contributed by atoms with Crippen LogP contribution in [0.5, 0.6) is 11.5 Å². The van der Waals surface area contributed by atoms with Gasteiger partial charge in [0.05, 0.1) is 17.4 Å². The smallest absolute Gasteiger partial charge is 0.323 e. The number of thioether (sulfide) groups is 1. The molecule has 1 amide bonds. The van der Waals surface area contributed by atoms with E-state index >= 15 is 0 Å². The fourth-order valence-electron chi connectivity index (χ4n) is 6.35. The molecule has 33 heavy (non-hydrogen) atoms. The van der Waals surface area contributed by atoms with Crippen molar-refractivity contribution in [2.45, 2.75) is 38.5 Å². The Morgan fingerprint density at radius 1 is 1.18 bits per heavy atom. The number of amides is 1. The van der Waals surface area contributed by atoms with Gasteiger partial charge in [-0.2, -0.15) is 0 Å². The summed E-state index contributed by atoms with van der Waals surface area (Å²) in [6.07, 6.45) is 8.17. The standard InChI is InChI=1S/C24H25NO6S2/c1-30-18-7-13(8-19-21(28)25(12-20(26)27)23(32)33-19)2-3-17(18)31-22(29)24-9-14-4-15(10-24)6-16(5-14)11-24/h2-3,7-8,14-16H,4-6,9-12H2,1H3,(H,26,27)/b19-8-. The molecule has 4 aliphatic carbocycles. The number of thiocarbonyl (C=S) groups is 1. The van der Waals surface area contributed by atoms with E-state index in [-0.39, 0.29) is 15.7 Å². The molecule has 1 N–H and O–H groups in total. The maximum absolute atomic E-state index is 13.3. The molecule has 5 fully saturated rings. The second kappa shape index (κ2) is 8.43. The van der Waals surface area contributed by atoms with Gasteiger partial charge in [0.15, 0.2) is 11.5 Å². The zero-order chi connectivity index (χ0) is 23.3. The monoisotopic (exact) mass is 487 g/mol. The van der Waals surface area contributed by atoms with Gasteiger partial charge in [-0.3, -0.25) is 19.3 Å². The van der Waals surface area contributed by atoms with Crippen molar-refractivity contribution in [1.82, 2.24) is 4.90 Å². The number of carboxylic acids is 1. The third kappa shape index (κ3) is 4.17. The molecule has 1 aromatic rings. The van der Waals surface area contributed by atoms with Crippen LogP contribution in [0.3, 0.4) is 0 Å². The SMILES string of the molecule is COc1cc(/C=C2\SC(=S)N(CC(=O)O)C2=O)ccc1OC(=O)C12CC3CC(CC(C3)C1)C2. The zero-order valence-corrected chi connectivity index (χ0v) is 19.9. The molecule has 1 heterocycles. The molecule has 4 saturated carbocycles. The molecule has 1 aliphatic heterocycles. The maximum atomic E-state index is 13.3.